The number of sulfone groups is 1. The van der Waals surface area contributed by atoms with Crippen LogP contribution in [0.1, 0.15) is 20.3 Å². The standard InChI is InChI=1S/C20H30ClN3O3S/c1-16(2)13-24(19-6-11-28(26,27)15-19)20(25)14-22-7-9-23(10-8-22)18-5-3-4-17(21)12-18/h3-5,12,16,19H,6-11,13-15H2,1-2H3/t19-/m1/s1. The van der Waals surface area contributed by atoms with Gasteiger partial charge in [0.15, 0.2) is 9.84 Å². The van der Waals surface area contributed by atoms with E-state index in [0.29, 0.717) is 25.4 Å². The first-order valence-corrected chi connectivity index (χ1v) is 12.2. The van der Waals surface area contributed by atoms with Crippen molar-refractivity contribution in [3.63, 3.8) is 0 Å². The number of anilines is 1. The SMILES string of the molecule is CC(C)CN(C(=O)CN1CCN(c2cccc(Cl)c2)CC1)[C@@H]1CCS(=O)(=O)C1. The lowest BCUT2D eigenvalue weighted by atomic mass is 10.1. The number of carbonyl (C=O) groups excluding carboxylic acids is 1. The van der Waals surface area contributed by atoms with Crippen LogP contribution in [0.15, 0.2) is 24.3 Å². The van der Waals surface area contributed by atoms with E-state index in [4.69, 9.17) is 11.6 Å². The average Bonchev–Trinajstić information content (AvgIpc) is 2.99. The third-order valence-corrected chi connectivity index (χ3v) is 7.42. The average molecular weight is 428 g/mol. The molecule has 0 radical (unpaired) electrons. The van der Waals surface area contributed by atoms with E-state index in [1.54, 1.807) is 0 Å². The lowest BCUT2D eigenvalue weighted by Gasteiger charge is -2.37. The Bertz CT molecular complexity index is 792. The van der Waals surface area contributed by atoms with Crippen molar-refractivity contribution in [2.45, 2.75) is 26.3 Å². The van der Waals surface area contributed by atoms with E-state index >= 15 is 0 Å². The molecule has 3 rings (SSSR count). The predicted octanol–water partition coefficient (Wildman–Crippen LogP) is 2.13. The lowest BCUT2D eigenvalue weighted by molar-refractivity contribution is -0.135. The molecule has 0 aliphatic carbocycles. The maximum Gasteiger partial charge on any atom is 0.237 e. The zero-order valence-corrected chi connectivity index (χ0v) is 18.3. The Morgan fingerprint density at radius 1 is 1.25 bits per heavy atom. The van der Waals surface area contributed by atoms with Gasteiger partial charge in [-0.1, -0.05) is 31.5 Å². The third-order valence-electron chi connectivity index (χ3n) is 5.44. The van der Waals surface area contributed by atoms with Crippen LogP contribution in [0.5, 0.6) is 0 Å². The van der Waals surface area contributed by atoms with E-state index in [-0.39, 0.29) is 23.5 Å². The van der Waals surface area contributed by atoms with Crippen LogP contribution in [-0.2, 0) is 14.6 Å². The van der Waals surface area contributed by atoms with Crippen LogP contribution < -0.4 is 4.90 Å². The topological polar surface area (TPSA) is 60.9 Å². The van der Waals surface area contributed by atoms with Gasteiger partial charge in [0.1, 0.15) is 0 Å². The summed E-state index contributed by atoms with van der Waals surface area (Å²) in [5, 5.41) is 0.728. The van der Waals surface area contributed by atoms with Crippen molar-refractivity contribution in [1.29, 1.82) is 0 Å². The normalized spacial score (nSPS) is 22.6. The van der Waals surface area contributed by atoms with E-state index in [1.807, 2.05) is 23.1 Å². The fraction of sp³-hybridized carbons (Fsp3) is 0.650. The van der Waals surface area contributed by atoms with Crippen molar-refractivity contribution in [2.75, 3.05) is 55.7 Å². The number of nitrogens with zero attached hydrogens (tertiary/aromatic N) is 3. The molecule has 1 aromatic carbocycles. The monoisotopic (exact) mass is 427 g/mol. The van der Waals surface area contributed by atoms with Gasteiger partial charge in [-0.3, -0.25) is 9.69 Å². The number of rotatable bonds is 6. The first-order chi connectivity index (χ1) is 13.2. The minimum atomic E-state index is -3.01. The largest absolute Gasteiger partial charge is 0.369 e. The number of hydrogen-bond donors (Lipinski definition) is 0. The lowest BCUT2D eigenvalue weighted by Crippen LogP contribution is -2.52. The number of benzene rings is 1. The Balaban J connectivity index is 1.57. The van der Waals surface area contributed by atoms with Gasteiger partial charge in [0.2, 0.25) is 5.91 Å². The van der Waals surface area contributed by atoms with Crippen LogP contribution in [0.3, 0.4) is 0 Å². The molecule has 2 aliphatic heterocycles. The molecule has 2 fully saturated rings. The molecule has 156 valence electrons. The second-order valence-electron chi connectivity index (χ2n) is 8.24. The van der Waals surface area contributed by atoms with Crippen LogP contribution in [0.4, 0.5) is 5.69 Å². The summed E-state index contributed by atoms with van der Waals surface area (Å²) in [4.78, 5) is 19.3. The summed E-state index contributed by atoms with van der Waals surface area (Å²) in [5.41, 5.74) is 1.11. The van der Waals surface area contributed by atoms with Gasteiger partial charge < -0.3 is 9.80 Å². The minimum Gasteiger partial charge on any atom is -0.369 e. The van der Waals surface area contributed by atoms with Crippen LogP contribution in [0.2, 0.25) is 5.02 Å². The Kier molecular flexibility index (Phi) is 6.89. The summed E-state index contributed by atoms with van der Waals surface area (Å²) in [6.07, 6.45) is 0.559. The summed E-state index contributed by atoms with van der Waals surface area (Å²) in [6.45, 7) is 8.38. The quantitative estimate of drug-likeness (QED) is 0.696. The Hall–Kier alpha value is -1.31. The van der Waals surface area contributed by atoms with E-state index in [2.05, 4.69) is 29.7 Å². The second-order valence-corrected chi connectivity index (χ2v) is 10.9. The van der Waals surface area contributed by atoms with Crippen LogP contribution in [0, 0.1) is 5.92 Å². The number of carbonyl (C=O) groups is 1. The summed E-state index contributed by atoms with van der Waals surface area (Å²) in [5.74, 6) is 0.658. The van der Waals surface area contributed by atoms with Gasteiger partial charge >= 0.3 is 0 Å². The highest BCUT2D eigenvalue weighted by Crippen LogP contribution is 2.22. The Labute approximate surface area is 173 Å². The van der Waals surface area contributed by atoms with Crippen molar-refractivity contribution in [1.82, 2.24) is 9.80 Å². The molecule has 6 nitrogen and oxygen atoms in total. The molecule has 2 heterocycles. The second kappa shape index (κ2) is 9.01. The fourth-order valence-electron chi connectivity index (χ4n) is 3.99. The third kappa shape index (κ3) is 5.61. The Morgan fingerprint density at radius 3 is 2.54 bits per heavy atom. The predicted molar refractivity (Wildman–Crippen MR) is 114 cm³/mol. The zero-order chi connectivity index (χ0) is 20.3. The highest BCUT2D eigenvalue weighted by atomic mass is 35.5. The molecule has 1 amide bonds. The van der Waals surface area contributed by atoms with E-state index in [0.717, 1.165) is 36.9 Å². The summed E-state index contributed by atoms with van der Waals surface area (Å²) in [7, 11) is -3.01. The van der Waals surface area contributed by atoms with Gasteiger partial charge in [0, 0.05) is 49.5 Å². The highest BCUT2D eigenvalue weighted by Gasteiger charge is 2.35. The molecule has 0 bridgehead atoms. The van der Waals surface area contributed by atoms with E-state index < -0.39 is 9.84 Å². The Morgan fingerprint density at radius 2 is 1.96 bits per heavy atom. The maximum absolute atomic E-state index is 13.0. The molecular formula is C20H30ClN3O3S. The molecule has 28 heavy (non-hydrogen) atoms. The number of halogens is 1. The molecule has 0 saturated carbocycles. The highest BCUT2D eigenvalue weighted by molar-refractivity contribution is 7.91. The minimum absolute atomic E-state index is 0.0482. The van der Waals surface area contributed by atoms with Gasteiger partial charge in [0.05, 0.1) is 18.1 Å². The molecule has 2 aliphatic rings. The summed E-state index contributed by atoms with van der Waals surface area (Å²) in [6, 6.07) is 7.66. The summed E-state index contributed by atoms with van der Waals surface area (Å²) >= 11 is 6.09. The molecular weight excluding hydrogens is 398 g/mol. The van der Waals surface area contributed by atoms with Crippen molar-refractivity contribution < 1.29 is 13.2 Å². The molecule has 8 heteroatoms. The number of piperazine rings is 1. The molecule has 1 atom stereocenters. The van der Waals surface area contributed by atoms with Gasteiger partial charge in [-0.15, -0.1) is 0 Å². The van der Waals surface area contributed by atoms with Crippen LogP contribution >= 0.6 is 11.6 Å². The van der Waals surface area contributed by atoms with Crippen molar-refractivity contribution in [3.8, 4) is 0 Å². The molecule has 0 spiro atoms. The van der Waals surface area contributed by atoms with Gasteiger partial charge in [-0.25, -0.2) is 8.42 Å². The summed E-state index contributed by atoms with van der Waals surface area (Å²) < 4.78 is 23.8. The fourth-order valence-corrected chi connectivity index (χ4v) is 5.90. The van der Waals surface area contributed by atoms with Crippen LogP contribution in [0.25, 0.3) is 0 Å². The molecule has 2 saturated heterocycles. The molecule has 0 aromatic heterocycles. The number of amides is 1. The first kappa shape index (κ1) is 21.4. The van der Waals surface area contributed by atoms with Crippen molar-refractivity contribution in [3.05, 3.63) is 29.3 Å². The van der Waals surface area contributed by atoms with Gasteiger partial charge in [-0.2, -0.15) is 0 Å². The van der Waals surface area contributed by atoms with E-state index in [1.165, 1.54) is 0 Å². The molecule has 0 unspecified atom stereocenters. The zero-order valence-electron chi connectivity index (χ0n) is 16.7. The maximum atomic E-state index is 13.0. The first-order valence-electron chi connectivity index (χ1n) is 9.96. The van der Waals surface area contributed by atoms with Crippen molar-refractivity contribution >= 4 is 33.0 Å². The van der Waals surface area contributed by atoms with E-state index in [9.17, 15) is 13.2 Å². The molecule has 1 aromatic rings. The van der Waals surface area contributed by atoms with Gasteiger partial charge in [0.25, 0.3) is 0 Å². The molecule has 0 N–H and O–H groups in total. The van der Waals surface area contributed by atoms with Gasteiger partial charge in [-0.05, 0) is 30.5 Å². The van der Waals surface area contributed by atoms with Crippen LogP contribution in [-0.4, -0.2) is 80.9 Å². The smallest absolute Gasteiger partial charge is 0.237 e. The van der Waals surface area contributed by atoms with Crippen molar-refractivity contribution in [2.24, 2.45) is 5.92 Å². The number of hydrogen-bond acceptors (Lipinski definition) is 5.